The van der Waals surface area contributed by atoms with Crippen LogP contribution in [0.15, 0.2) is 31.0 Å². The molecule has 0 unspecified atom stereocenters. The van der Waals surface area contributed by atoms with Crippen molar-refractivity contribution in [1.29, 1.82) is 0 Å². The Balaban J connectivity index is 2.06. The van der Waals surface area contributed by atoms with Crippen molar-refractivity contribution in [1.82, 2.24) is 14.8 Å². The van der Waals surface area contributed by atoms with E-state index >= 15 is 0 Å². The highest BCUT2D eigenvalue weighted by molar-refractivity contribution is 5.94. The van der Waals surface area contributed by atoms with Crippen molar-refractivity contribution in [3.8, 4) is 0 Å². The monoisotopic (exact) mass is 315 g/mol. The van der Waals surface area contributed by atoms with Gasteiger partial charge in [0, 0.05) is 37.4 Å². The first-order valence-corrected chi connectivity index (χ1v) is 7.89. The maximum absolute atomic E-state index is 12.6. The van der Waals surface area contributed by atoms with E-state index in [-0.39, 0.29) is 23.3 Å². The summed E-state index contributed by atoms with van der Waals surface area (Å²) in [6, 6.07) is 3.77. The van der Waals surface area contributed by atoms with E-state index in [2.05, 4.69) is 32.3 Å². The zero-order chi connectivity index (χ0) is 17.2. The number of likely N-dealkylation sites (N-methyl/N-ethyl adjacent to an activating group) is 1. The van der Waals surface area contributed by atoms with Gasteiger partial charge in [-0.1, -0.05) is 27.4 Å². The largest absolute Gasteiger partial charge is 0.337 e. The van der Waals surface area contributed by atoms with Crippen molar-refractivity contribution >= 4 is 11.8 Å². The number of hydrogen-bond acceptors (Lipinski definition) is 3. The van der Waals surface area contributed by atoms with Gasteiger partial charge in [0.1, 0.15) is 0 Å². The van der Waals surface area contributed by atoms with Gasteiger partial charge in [-0.15, -0.1) is 0 Å². The summed E-state index contributed by atoms with van der Waals surface area (Å²) in [4.78, 5) is 32.1. The second-order valence-corrected chi connectivity index (χ2v) is 7.03. The fraction of sp³-hybridized carbons (Fsp3) is 0.500. The lowest BCUT2D eigenvalue weighted by molar-refractivity contribution is -0.125. The maximum atomic E-state index is 12.6. The van der Waals surface area contributed by atoms with Crippen LogP contribution in [0.25, 0.3) is 0 Å². The van der Waals surface area contributed by atoms with E-state index in [9.17, 15) is 9.59 Å². The number of carbonyl (C=O) groups is 2. The number of hydrogen-bond donors (Lipinski definition) is 0. The van der Waals surface area contributed by atoms with Crippen molar-refractivity contribution in [3.05, 3.63) is 42.2 Å². The minimum Gasteiger partial charge on any atom is -0.337 e. The van der Waals surface area contributed by atoms with E-state index < -0.39 is 0 Å². The topological polar surface area (TPSA) is 53.5 Å². The third-order valence-corrected chi connectivity index (χ3v) is 4.30. The molecule has 1 aromatic rings. The van der Waals surface area contributed by atoms with Crippen molar-refractivity contribution in [3.63, 3.8) is 0 Å². The lowest BCUT2D eigenvalue weighted by atomic mass is 9.91. The molecule has 2 rings (SSSR count). The normalized spacial score (nSPS) is 17.9. The highest BCUT2D eigenvalue weighted by atomic mass is 16.2. The van der Waals surface area contributed by atoms with E-state index in [1.807, 2.05) is 12.1 Å². The molecule has 0 N–H and O–H groups in total. The molecule has 0 aromatic carbocycles. The molecule has 5 heteroatoms. The van der Waals surface area contributed by atoms with E-state index in [0.717, 1.165) is 12.1 Å². The molecule has 1 aliphatic rings. The Bertz CT molecular complexity index is 602. The van der Waals surface area contributed by atoms with Gasteiger partial charge in [0.05, 0.1) is 11.6 Å². The number of aromatic nitrogens is 1. The first-order chi connectivity index (χ1) is 10.7. The molecule has 0 radical (unpaired) electrons. The van der Waals surface area contributed by atoms with Crippen LogP contribution in [0.1, 0.15) is 43.2 Å². The van der Waals surface area contributed by atoms with Gasteiger partial charge in [0.2, 0.25) is 5.91 Å². The Morgan fingerprint density at radius 2 is 2.09 bits per heavy atom. The summed E-state index contributed by atoms with van der Waals surface area (Å²) < 4.78 is 0. The molecule has 2 heterocycles. The first-order valence-electron chi connectivity index (χ1n) is 7.89. The fourth-order valence-electron chi connectivity index (χ4n) is 2.72. The van der Waals surface area contributed by atoms with Gasteiger partial charge in [0.15, 0.2) is 0 Å². The second kappa shape index (κ2) is 6.52. The molecule has 5 nitrogen and oxygen atoms in total. The van der Waals surface area contributed by atoms with E-state index in [1.165, 1.54) is 6.08 Å². The molecule has 23 heavy (non-hydrogen) atoms. The Hall–Kier alpha value is -2.17. The number of likely N-dealkylation sites (tertiary alicyclic amines) is 1. The average molecular weight is 315 g/mol. The molecular formula is C18H25N3O2. The highest BCUT2D eigenvalue weighted by Crippen LogP contribution is 2.21. The average Bonchev–Trinajstić information content (AvgIpc) is 3.02. The highest BCUT2D eigenvalue weighted by Gasteiger charge is 2.30. The van der Waals surface area contributed by atoms with E-state index in [0.29, 0.717) is 18.7 Å². The quantitative estimate of drug-likeness (QED) is 0.804. The number of nitrogens with zero attached hydrogens (tertiary/aromatic N) is 3. The van der Waals surface area contributed by atoms with Gasteiger partial charge in [-0.3, -0.25) is 14.6 Å². The smallest absolute Gasteiger partial charge is 0.255 e. The summed E-state index contributed by atoms with van der Waals surface area (Å²) in [5.41, 5.74) is 1.50. The van der Waals surface area contributed by atoms with Gasteiger partial charge in [-0.25, -0.2) is 0 Å². The van der Waals surface area contributed by atoms with Crippen LogP contribution >= 0.6 is 0 Å². The molecule has 0 saturated carbocycles. The van der Waals surface area contributed by atoms with Gasteiger partial charge in [-0.2, -0.15) is 0 Å². The van der Waals surface area contributed by atoms with Gasteiger partial charge >= 0.3 is 0 Å². The van der Waals surface area contributed by atoms with Gasteiger partial charge in [-0.05, 0) is 24.6 Å². The van der Waals surface area contributed by atoms with Crippen LogP contribution in [0.3, 0.4) is 0 Å². The molecule has 1 fully saturated rings. The third-order valence-electron chi connectivity index (χ3n) is 4.30. The standard InChI is InChI=1S/C18H25N3O2/c1-6-16(22)21-10-9-14(12-21)20(5)17(23)13-7-8-15(19-11-13)18(2,3)4/h6-8,11,14H,1,9-10,12H2,2-5H3/t14-/m0/s1. The van der Waals surface area contributed by atoms with Crippen molar-refractivity contribution < 1.29 is 9.59 Å². The molecular weight excluding hydrogens is 290 g/mol. The SMILES string of the molecule is C=CC(=O)N1CC[C@H](N(C)C(=O)c2ccc(C(C)(C)C)nc2)C1. The van der Waals surface area contributed by atoms with E-state index in [4.69, 9.17) is 0 Å². The van der Waals surface area contributed by atoms with Crippen LogP contribution in [-0.2, 0) is 10.2 Å². The van der Waals surface area contributed by atoms with Crippen LogP contribution in [0.2, 0.25) is 0 Å². The predicted octanol–water partition coefficient (Wildman–Crippen LogP) is 2.24. The maximum Gasteiger partial charge on any atom is 0.255 e. The van der Waals surface area contributed by atoms with Crippen LogP contribution in [0.4, 0.5) is 0 Å². The minimum absolute atomic E-state index is 0.0358. The molecule has 1 aromatic heterocycles. The summed E-state index contributed by atoms with van der Waals surface area (Å²) in [5.74, 6) is -0.139. The molecule has 124 valence electrons. The van der Waals surface area contributed by atoms with Crippen molar-refractivity contribution in [2.45, 2.75) is 38.6 Å². The summed E-state index contributed by atoms with van der Waals surface area (Å²) in [6.45, 7) is 11.0. The van der Waals surface area contributed by atoms with Crippen LogP contribution in [0, 0.1) is 0 Å². The predicted molar refractivity (Wildman–Crippen MR) is 90.2 cm³/mol. The Kier molecular flexibility index (Phi) is 4.88. The minimum atomic E-state index is -0.0791. The fourth-order valence-corrected chi connectivity index (χ4v) is 2.72. The van der Waals surface area contributed by atoms with Crippen molar-refractivity contribution in [2.75, 3.05) is 20.1 Å². The number of pyridine rings is 1. The Morgan fingerprint density at radius 3 is 2.61 bits per heavy atom. The number of rotatable bonds is 3. The first kappa shape index (κ1) is 17.2. The molecule has 0 aliphatic carbocycles. The summed E-state index contributed by atoms with van der Waals surface area (Å²) in [5, 5.41) is 0. The van der Waals surface area contributed by atoms with Gasteiger partial charge in [0.25, 0.3) is 5.91 Å². The van der Waals surface area contributed by atoms with Crippen LogP contribution in [-0.4, -0.2) is 52.8 Å². The van der Waals surface area contributed by atoms with Crippen molar-refractivity contribution in [2.24, 2.45) is 0 Å². The zero-order valence-electron chi connectivity index (χ0n) is 14.4. The lowest BCUT2D eigenvalue weighted by Crippen LogP contribution is -2.39. The molecule has 0 bridgehead atoms. The Labute approximate surface area is 138 Å². The molecule has 1 saturated heterocycles. The number of carbonyl (C=O) groups excluding carboxylic acids is 2. The summed E-state index contributed by atoms with van der Waals surface area (Å²) in [6.07, 6.45) is 3.75. The van der Waals surface area contributed by atoms with Gasteiger partial charge < -0.3 is 9.80 Å². The molecule has 1 atom stereocenters. The molecule has 0 spiro atoms. The third kappa shape index (κ3) is 3.78. The zero-order valence-corrected chi connectivity index (χ0v) is 14.4. The summed E-state index contributed by atoms with van der Waals surface area (Å²) >= 11 is 0. The lowest BCUT2D eigenvalue weighted by Gasteiger charge is -2.25. The van der Waals surface area contributed by atoms with Crippen LogP contribution < -0.4 is 0 Å². The summed E-state index contributed by atoms with van der Waals surface area (Å²) in [7, 11) is 1.78. The molecule has 1 aliphatic heterocycles. The second-order valence-electron chi connectivity index (χ2n) is 7.03. The molecule has 2 amide bonds. The number of amides is 2. The Morgan fingerprint density at radius 1 is 1.39 bits per heavy atom. The van der Waals surface area contributed by atoms with E-state index in [1.54, 1.807) is 23.0 Å². The van der Waals surface area contributed by atoms with Crippen LogP contribution in [0.5, 0.6) is 0 Å².